The maximum atomic E-state index is 12.4. The Labute approximate surface area is 160 Å². The van der Waals surface area contributed by atoms with Crippen LogP contribution in [-0.4, -0.2) is 35.2 Å². The molecule has 2 aromatic carbocycles. The highest BCUT2D eigenvalue weighted by molar-refractivity contribution is 5.97. The molecule has 144 valence electrons. The number of carbonyl (C=O) groups is 2. The van der Waals surface area contributed by atoms with Crippen molar-refractivity contribution in [2.75, 3.05) is 13.6 Å². The summed E-state index contributed by atoms with van der Waals surface area (Å²) in [5.74, 6) is -0.226. The van der Waals surface area contributed by atoms with Gasteiger partial charge >= 0.3 is 0 Å². The molecule has 8 heteroatoms. The maximum absolute atomic E-state index is 12.4. The summed E-state index contributed by atoms with van der Waals surface area (Å²) in [4.78, 5) is 36.3. The summed E-state index contributed by atoms with van der Waals surface area (Å²) in [5.41, 5.74) is 0.675. The van der Waals surface area contributed by atoms with Crippen molar-refractivity contribution < 1.29 is 18.9 Å². The van der Waals surface area contributed by atoms with Crippen LogP contribution in [0.25, 0.3) is 11.0 Å². The fourth-order valence-electron chi connectivity index (χ4n) is 2.76. The largest absolute Gasteiger partial charge is 0.459 e. The second-order valence-corrected chi connectivity index (χ2v) is 6.36. The quantitative estimate of drug-likeness (QED) is 0.521. The van der Waals surface area contributed by atoms with Crippen LogP contribution in [0.2, 0.25) is 0 Å². The highest BCUT2D eigenvalue weighted by Gasteiger charge is 2.21. The average Bonchev–Trinajstić information content (AvgIpc) is 3.14. The van der Waals surface area contributed by atoms with Gasteiger partial charge in [-0.2, -0.15) is 0 Å². The minimum absolute atomic E-state index is 0.120. The number of para-hydroxylation sites is 1. The fourth-order valence-corrected chi connectivity index (χ4v) is 2.76. The highest BCUT2D eigenvalue weighted by Crippen LogP contribution is 2.26. The third-order valence-corrected chi connectivity index (χ3v) is 4.55. The molecule has 0 saturated carbocycles. The van der Waals surface area contributed by atoms with E-state index in [0.717, 1.165) is 11.0 Å². The number of nitrogens with zero attached hydrogens (tertiary/aromatic N) is 2. The molecule has 3 aromatic rings. The number of amides is 2. The van der Waals surface area contributed by atoms with E-state index < -0.39 is 10.8 Å². The molecule has 1 aromatic heterocycles. The standard InChI is InChI=1S/C20H19N3O5/c1-13(18-11-14-6-3-4-9-17(14)28-18)22(2)19(24)12-21-20(25)15-7-5-8-16(10-15)23(26)27/h3-11,13H,12H2,1-2H3,(H,21,25)/t13-/m0/s1. The van der Waals surface area contributed by atoms with Crippen molar-refractivity contribution in [1.82, 2.24) is 10.2 Å². The van der Waals surface area contributed by atoms with Crippen LogP contribution in [0.3, 0.4) is 0 Å². The van der Waals surface area contributed by atoms with Gasteiger partial charge in [-0.3, -0.25) is 19.7 Å². The Kier molecular flexibility index (Phi) is 5.39. The van der Waals surface area contributed by atoms with Crippen molar-refractivity contribution in [1.29, 1.82) is 0 Å². The summed E-state index contributed by atoms with van der Waals surface area (Å²) in [6.45, 7) is 1.60. The van der Waals surface area contributed by atoms with Gasteiger partial charge in [0, 0.05) is 30.1 Å². The Bertz CT molecular complexity index is 1010. The lowest BCUT2D eigenvalue weighted by molar-refractivity contribution is -0.384. The Balaban J connectivity index is 1.62. The van der Waals surface area contributed by atoms with E-state index >= 15 is 0 Å². The fraction of sp³-hybridized carbons (Fsp3) is 0.200. The van der Waals surface area contributed by atoms with E-state index in [2.05, 4.69) is 5.32 Å². The van der Waals surface area contributed by atoms with Gasteiger partial charge in [-0.15, -0.1) is 0 Å². The van der Waals surface area contributed by atoms with Crippen LogP contribution in [-0.2, 0) is 4.79 Å². The number of benzene rings is 2. The lowest BCUT2D eigenvalue weighted by Gasteiger charge is -2.23. The van der Waals surface area contributed by atoms with Gasteiger partial charge in [0.2, 0.25) is 5.91 Å². The molecule has 8 nitrogen and oxygen atoms in total. The second kappa shape index (κ2) is 7.91. The molecule has 0 unspecified atom stereocenters. The number of likely N-dealkylation sites (N-methyl/N-ethyl adjacent to an activating group) is 1. The van der Waals surface area contributed by atoms with Gasteiger partial charge in [0.05, 0.1) is 17.5 Å². The molecule has 0 aliphatic carbocycles. The number of hydrogen-bond acceptors (Lipinski definition) is 5. The molecule has 2 amide bonds. The number of furan rings is 1. The van der Waals surface area contributed by atoms with Crippen LogP contribution in [0.1, 0.15) is 29.1 Å². The highest BCUT2D eigenvalue weighted by atomic mass is 16.6. The van der Waals surface area contributed by atoms with Crippen LogP contribution < -0.4 is 5.32 Å². The van der Waals surface area contributed by atoms with Gasteiger partial charge in [-0.05, 0) is 25.1 Å². The Morgan fingerprint density at radius 3 is 2.64 bits per heavy atom. The summed E-state index contributed by atoms with van der Waals surface area (Å²) in [5, 5.41) is 14.3. The minimum atomic E-state index is -0.579. The molecule has 1 heterocycles. The third-order valence-electron chi connectivity index (χ3n) is 4.55. The first kappa shape index (κ1) is 19.1. The maximum Gasteiger partial charge on any atom is 0.270 e. The zero-order chi connectivity index (χ0) is 20.3. The second-order valence-electron chi connectivity index (χ2n) is 6.36. The molecule has 0 fully saturated rings. The number of non-ortho nitro benzene ring substituents is 1. The van der Waals surface area contributed by atoms with Crippen molar-refractivity contribution >= 4 is 28.5 Å². The molecule has 1 atom stereocenters. The molecule has 0 radical (unpaired) electrons. The molecule has 0 spiro atoms. The van der Waals surface area contributed by atoms with Gasteiger partial charge in [0.1, 0.15) is 11.3 Å². The van der Waals surface area contributed by atoms with E-state index in [1.54, 1.807) is 7.05 Å². The minimum Gasteiger partial charge on any atom is -0.459 e. The molecule has 1 N–H and O–H groups in total. The first-order chi connectivity index (χ1) is 13.4. The van der Waals surface area contributed by atoms with Crippen molar-refractivity contribution in [3.8, 4) is 0 Å². The van der Waals surface area contributed by atoms with Crippen LogP contribution in [0.5, 0.6) is 0 Å². The smallest absolute Gasteiger partial charge is 0.270 e. The first-order valence-corrected chi connectivity index (χ1v) is 8.63. The summed E-state index contributed by atoms with van der Waals surface area (Å²) < 4.78 is 5.79. The van der Waals surface area contributed by atoms with Gasteiger partial charge in [-0.25, -0.2) is 0 Å². The average molecular weight is 381 g/mol. The number of fused-ring (bicyclic) bond motifs is 1. The molecule has 28 heavy (non-hydrogen) atoms. The van der Waals surface area contributed by atoms with Gasteiger partial charge < -0.3 is 14.6 Å². The van der Waals surface area contributed by atoms with Crippen LogP contribution in [0.4, 0.5) is 5.69 Å². The van der Waals surface area contributed by atoms with E-state index in [4.69, 9.17) is 4.42 Å². The predicted molar refractivity (Wildman–Crippen MR) is 103 cm³/mol. The zero-order valence-electron chi connectivity index (χ0n) is 15.4. The lowest BCUT2D eigenvalue weighted by Crippen LogP contribution is -2.39. The van der Waals surface area contributed by atoms with Gasteiger partial charge in [0.15, 0.2) is 0 Å². The van der Waals surface area contributed by atoms with E-state index in [-0.39, 0.29) is 29.7 Å². The van der Waals surface area contributed by atoms with Crippen LogP contribution >= 0.6 is 0 Å². The molecule has 0 aliphatic heterocycles. The SMILES string of the molecule is C[C@@H](c1cc2ccccc2o1)N(C)C(=O)CNC(=O)c1cccc([N+](=O)[O-])c1. The van der Waals surface area contributed by atoms with Gasteiger partial charge in [0.25, 0.3) is 11.6 Å². The number of nitro groups is 1. The first-order valence-electron chi connectivity index (χ1n) is 8.63. The zero-order valence-corrected chi connectivity index (χ0v) is 15.4. The number of carbonyl (C=O) groups excluding carboxylic acids is 2. The molecule has 3 rings (SSSR count). The van der Waals surface area contributed by atoms with E-state index in [1.165, 1.54) is 29.2 Å². The van der Waals surface area contributed by atoms with Crippen molar-refractivity contribution in [3.05, 3.63) is 76.0 Å². The predicted octanol–water partition coefficient (Wildman–Crippen LogP) is 3.29. The third kappa shape index (κ3) is 4.01. The Hall–Kier alpha value is -3.68. The van der Waals surface area contributed by atoms with Crippen LogP contribution in [0, 0.1) is 10.1 Å². The Morgan fingerprint density at radius 2 is 1.93 bits per heavy atom. The topological polar surface area (TPSA) is 106 Å². The number of rotatable bonds is 6. The number of nitro benzene ring substituents is 1. The van der Waals surface area contributed by atoms with E-state index in [1.807, 2.05) is 37.3 Å². The molecule has 0 aliphatic rings. The molecular weight excluding hydrogens is 362 g/mol. The summed E-state index contributed by atoms with van der Waals surface area (Å²) in [6, 6.07) is 14.5. The van der Waals surface area contributed by atoms with Crippen molar-refractivity contribution in [2.24, 2.45) is 0 Å². The normalized spacial score (nSPS) is 11.8. The number of hydrogen-bond donors (Lipinski definition) is 1. The van der Waals surface area contributed by atoms with Crippen molar-refractivity contribution in [2.45, 2.75) is 13.0 Å². The van der Waals surface area contributed by atoms with Crippen molar-refractivity contribution in [3.63, 3.8) is 0 Å². The lowest BCUT2D eigenvalue weighted by atomic mass is 10.2. The number of nitrogens with one attached hydrogen (secondary N) is 1. The summed E-state index contributed by atoms with van der Waals surface area (Å²) in [7, 11) is 1.62. The summed E-state index contributed by atoms with van der Waals surface area (Å²) >= 11 is 0. The van der Waals surface area contributed by atoms with Gasteiger partial charge in [-0.1, -0.05) is 24.3 Å². The Morgan fingerprint density at radius 1 is 1.18 bits per heavy atom. The van der Waals surface area contributed by atoms with E-state index in [0.29, 0.717) is 5.76 Å². The van der Waals surface area contributed by atoms with Crippen LogP contribution in [0.15, 0.2) is 59.0 Å². The monoisotopic (exact) mass is 381 g/mol. The molecular formula is C20H19N3O5. The molecule has 0 bridgehead atoms. The molecule has 0 saturated heterocycles. The summed E-state index contributed by atoms with van der Waals surface area (Å²) in [6.07, 6.45) is 0. The van der Waals surface area contributed by atoms with E-state index in [9.17, 15) is 19.7 Å².